The van der Waals surface area contributed by atoms with Crippen molar-refractivity contribution in [2.24, 2.45) is 5.92 Å². The Kier molecular flexibility index (Phi) is 4.78. The Morgan fingerprint density at radius 2 is 1.94 bits per heavy atom. The number of hydrogen-bond donors (Lipinski definition) is 2. The summed E-state index contributed by atoms with van der Waals surface area (Å²) in [4.78, 5) is 11.7. The van der Waals surface area contributed by atoms with E-state index in [2.05, 4.69) is 12.2 Å². The van der Waals surface area contributed by atoms with Gasteiger partial charge in [-0.05, 0) is 39.0 Å². The van der Waals surface area contributed by atoms with Gasteiger partial charge in [-0.15, -0.1) is 0 Å². The molecule has 3 nitrogen and oxygen atoms in total. The first-order chi connectivity index (χ1) is 7.45. The summed E-state index contributed by atoms with van der Waals surface area (Å²) in [5, 5.41) is 12.6. The molecule has 0 aromatic rings. The van der Waals surface area contributed by atoms with E-state index in [1.54, 1.807) is 0 Å². The van der Waals surface area contributed by atoms with Gasteiger partial charge >= 0.3 is 0 Å². The molecule has 94 valence electrons. The third kappa shape index (κ3) is 3.78. The highest BCUT2D eigenvalue weighted by Crippen LogP contribution is 2.27. The molecule has 0 bridgehead atoms. The summed E-state index contributed by atoms with van der Waals surface area (Å²) < 4.78 is 0. The topological polar surface area (TPSA) is 49.3 Å². The van der Waals surface area contributed by atoms with Gasteiger partial charge in [0.1, 0.15) is 5.60 Å². The van der Waals surface area contributed by atoms with E-state index in [1.807, 2.05) is 0 Å². The van der Waals surface area contributed by atoms with Crippen LogP contribution in [0.4, 0.5) is 0 Å². The van der Waals surface area contributed by atoms with Crippen molar-refractivity contribution in [3.05, 3.63) is 0 Å². The van der Waals surface area contributed by atoms with Crippen molar-refractivity contribution >= 4 is 5.91 Å². The van der Waals surface area contributed by atoms with Crippen LogP contribution in [0.15, 0.2) is 0 Å². The average Bonchev–Trinajstić information content (AvgIpc) is 2.25. The first-order valence-electron chi connectivity index (χ1n) is 6.48. The normalized spacial score (nSPS) is 20.5. The van der Waals surface area contributed by atoms with E-state index in [4.69, 9.17) is 0 Å². The Hall–Kier alpha value is -0.570. The Morgan fingerprint density at radius 1 is 1.38 bits per heavy atom. The number of rotatable bonds is 4. The second-order valence-electron chi connectivity index (χ2n) is 5.45. The van der Waals surface area contributed by atoms with Crippen LogP contribution >= 0.6 is 0 Å². The number of amides is 1. The number of aliphatic hydroxyl groups is 1. The van der Waals surface area contributed by atoms with Gasteiger partial charge < -0.3 is 10.4 Å². The summed E-state index contributed by atoms with van der Waals surface area (Å²) in [6.45, 7) is 5.18. The van der Waals surface area contributed by atoms with Crippen molar-refractivity contribution in [2.75, 3.05) is 0 Å². The Bertz CT molecular complexity index is 227. The van der Waals surface area contributed by atoms with Gasteiger partial charge in [-0.25, -0.2) is 0 Å². The van der Waals surface area contributed by atoms with Gasteiger partial charge in [0.2, 0.25) is 0 Å². The monoisotopic (exact) mass is 227 g/mol. The van der Waals surface area contributed by atoms with E-state index < -0.39 is 5.60 Å². The second-order valence-corrected chi connectivity index (χ2v) is 5.45. The van der Waals surface area contributed by atoms with E-state index in [9.17, 15) is 9.90 Å². The molecule has 0 aliphatic heterocycles. The van der Waals surface area contributed by atoms with E-state index in [0.29, 0.717) is 5.92 Å². The van der Waals surface area contributed by atoms with Gasteiger partial charge in [0.25, 0.3) is 5.91 Å². The quantitative estimate of drug-likeness (QED) is 0.773. The van der Waals surface area contributed by atoms with Gasteiger partial charge in [0.05, 0.1) is 0 Å². The summed E-state index contributed by atoms with van der Waals surface area (Å²) in [6.07, 6.45) is 7.26. The minimum absolute atomic E-state index is 0.235. The third-order valence-corrected chi connectivity index (χ3v) is 3.53. The molecule has 1 rings (SSSR count). The fraction of sp³-hybridized carbons (Fsp3) is 0.923. The van der Waals surface area contributed by atoms with Gasteiger partial charge in [-0.1, -0.05) is 26.2 Å². The summed E-state index contributed by atoms with van der Waals surface area (Å²) in [7, 11) is 0. The predicted octanol–water partition coefficient (Wildman–Crippen LogP) is 2.23. The van der Waals surface area contributed by atoms with Crippen LogP contribution in [0.2, 0.25) is 0 Å². The van der Waals surface area contributed by atoms with Crippen LogP contribution in [0.3, 0.4) is 0 Å². The molecule has 0 aromatic carbocycles. The zero-order valence-electron chi connectivity index (χ0n) is 10.8. The minimum atomic E-state index is -1.26. The summed E-state index contributed by atoms with van der Waals surface area (Å²) in [5.41, 5.74) is -1.26. The van der Waals surface area contributed by atoms with E-state index in [1.165, 1.54) is 46.0 Å². The van der Waals surface area contributed by atoms with Gasteiger partial charge in [-0.3, -0.25) is 4.79 Å². The number of carbonyl (C=O) groups excluding carboxylic acids is 1. The molecule has 1 aliphatic rings. The summed E-state index contributed by atoms with van der Waals surface area (Å²) in [6, 6.07) is 0.235. The van der Waals surface area contributed by atoms with Crippen molar-refractivity contribution in [1.82, 2.24) is 5.32 Å². The maximum atomic E-state index is 11.7. The fourth-order valence-electron chi connectivity index (χ4n) is 2.43. The molecular weight excluding hydrogens is 202 g/mol. The number of nitrogens with one attached hydrogen (secondary N) is 1. The smallest absolute Gasteiger partial charge is 0.251 e. The van der Waals surface area contributed by atoms with Crippen LogP contribution in [-0.2, 0) is 4.79 Å². The van der Waals surface area contributed by atoms with Crippen molar-refractivity contribution in [2.45, 2.75) is 70.9 Å². The molecule has 16 heavy (non-hydrogen) atoms. The molecule has 0 saturated heterocycles. The highest BCUT2D eigenvalue weighted by atomic mass is 16.3. The van der Waals surface area contributed by atoms with E-state index >= 15 is 0 Å². The average molecular weight is 227 g/mol. The van der Waals surface area contributed by atoms with Crippen LogP contribution < -0.4 is 5.32 Å². The van der Waals surface area contributed by atoms with Crippen LogP contribution in [0.5, 0.6) is 0 Å². The SMILES string of the molecule is CCC(NC(=O)C(C)(C)O)C1CCCCC1. The lowest BCUT2D eigenvalue weighted by atomic mass is 9.82. The zero-order chi connectivity index (χ0) is 12.2. The fourth-order valence-corrected chi connectivity index (χ4v) is 2.43. The molecule has 0 aromatic heterocycles. The Labute approximate surface area is 98.6 Å². The molecule has 0 heterocycles. The van der Waals surface area contributed by atoms with E-state index in [0.717, 1.165) is 6.42 Å². The highest BCUT2D eigenvalue weighted by molar-refractivity contribution is 5.84. The maximum Gasteiger partial charge on any atom is 0.251 e. The standard InChI is InChI=1S/C13H25NO2/c1-4-11(10-8-6-5-7-9-10)14-12(15)13(2,3)16/h10-11,16H,4-9H2,1-3H3,(H,14,15). The van der Waals surface area contributed by atoms with E-state index in [-0.39, 0.29) is 11.9 Å². The van der Waals surface area contributed by atoms with Crippen LogP contribution in [0.1, 0.15) is 59.3 Å². The first-order valence-corrected chi connectivity index (χ1v) is 6.48. The lowest BCUT2D eigenvalue weighted by Crippen LogP contribution is -2.49. The maximum absolute atomic E-state index is 11.7. The third-order valence-electron chi connectivity index (χ3n) is 3.53. The lowest BCUT2D eigenvalue weighted by molar-refractivity contribution is -0.137. The molecule has 0 radical (unpaired) electrons. The van der Waals surface area contributed by atoms with Crippen LogP contribution in [0.25, 0.3) is 0 Å². The molecule has 1 fully saturated rings. The molecule has 1 unspecified atom stereocenters. The lowest BCUT2D eigenvalue weighted by Gasteiger charge is -2.32. The molecule has 1 aliphatic carbocycles. The van der Waals surface area contributed by atoms with Gasteiger partial charge in [0, 0.05) is 6.04 Å². The van der Waals surface area contributed by atoms with Crippen LogP contribution in [-0.4, -0.2) is 22.7 Å². The highest BCUT2D eigenvalue weighted by Gasteiger charge is 2.29. The van der Waals surface area contributed by atoms with Crippen molar-refractivity contribution in [3.63, 3.8) is 0 Å². The molecule has 2 N–H and O–H groups in total. The number of hydrogen-bond acceptors (Lipinski definition) is 2. The zero-order valence-corrected chi connectivity index (χ0v) is 10.8. The van der Waals surface area contributed by atoms with Crippen LogP contribution in [0, 0.1) is 5.92 Å². The molecule has 3 heteroatoms. The Morgan fingerprint density at radius 3 is 2.38 bits per heavy atom. The first kappa shape index (κ1) is 13.5. The van der Waals surface area contributed by atoms with Gasteiger partial charge in [0.15, 0.2) is 0 Å². The van der Waals surface area contributed by atoms with Crippen molar-refractivity contribution in [3.8, 4) is 0 Å². The van der Waals surface area contributed by atoms with Crippen molar-refractivity contribution < 1.29 is 9.90 Å². The minimum Gasteiger partial charge on any atom is -0.381 e. The molecular formula is C13H25NO2. The molecule has 1 amide bonds. The molecule has 1 saturated carbocycles. The largest absolute Gasteiger partial charge is 0.381 e. The summed E-state index contributed by atoms with van der Waals surface area (Å²) >= 11 is 0. The predicted molar refractivity (Wildman–Crippen MR) is 65.1 cm³/mol. The van der Waals surface area contributed by atoms with Gasteiger partial charge in [-0.2, -0.15) is 0 Å². The molecule has 0 spiro atoms. The second kappa shape index (κ2) is 5.67. The van der Waals surface area contributed by atoms with Crippen molar-refractivity contribution in [1.29, 1.82) is 0 Å². The molecule has 1 atom stereocenters. The Balaban J connectivity index is 2.50. The number of carbonyl (C=O) groups is 1. The summed E-state index contributed by atoms with van der Waals surface area (Å²) in [5.74, 6) is 0.356.